The van der Waals surface area contributed by atoms with E-state index in [1.807, 2.05) is 5.31 Å². The van der Waals surface area contributed by atoms with Gasteiger partial charge in [0.15, 0.2) is 0 Å². The molecule has 0 heterocycles. The molecule has 30 heavy (non-hydrogen) atoms. The molecule has 0 spiro atoms. The molecule has 0 amide bonds. The Morgan fingerprint density at radius 2 is 1.57 bits per heavy atom. The molecule has 2 unspecified atom stereocenters. The molecule has 0 fully saturated rings. The third kappa shape index (κ3) is 5.00. The molecule has 2 atom stereocenters. The smallest absolute Gasteiger partial charge is 1.00 e. The van der Waals surface area contributed by atoms with Crippen LogP contribution in [0.2, 0.25) is 0 Å². The molecule has 0 aromatic heterocycles. The molecule has 0 aliphatic heterocycles. The van der Waals surface area contributed by atoms with Gasteiger partial charge in [0.2, 0.25) is 0 Å². The number of hydrogen-bond donors (Lipinski definition) is 0. The van der Waals surface area contributed by atoms with Gasteiger partial charge in [-0.1, -0.05) is 0 Å². The van der Waals surface area contributed by atoms with Gasteiger partial charge in [0.05, 0.1) is 0 Å². The third-order valence-corrected chi connectivity index (χ3v) is 12.4. The predicted octanol–water partition coefficient (Wildman–Crippen LogP) is 1.86. The second kappa shape index (κ2) is 11.5. The molecule has 158 valence electrons. The number of allylic oxidation sites excluding steroid dienone is 2. The summed E-state index contributed by atoms with van der Waals surface area (Å²) in [5, 5.41) is 1.83. The molecular weight excluding hydrogens is 462 g/mol. The normalized spacial score (nSPS) is 18.2. The summed E-state index contributed by atoms with van der Waals surface area (Å²) in [7, 11) is 0.0192. The quantitative estimate of drug-likeness (QED) is 0.409. The Kier molecular flexibility index (Phi) is 9.92. The Morgan fingerprint density at radius 3 is 2.27 bits per heavy atom. The monoisotopic (exact) mass is 492 g/mol. The molecular formula is C26H31Cl2PTi. The first-order valence-corrected chi connectivity index (χ1v) is 14.2. The summed E-state index contributed by atoms with van der Waals surface area (Å²) in [5.41, 5.74) is 9.21. The molecule has 2 aliphatic carbocycles. The Labute approximate surface area is 205 Å². The van der Waals surface area contributed by atoms with Crippen molar-refractivity contribution in [2.45, 2.75) is 49.0 Å². The van der Waals surface area contributed by atoms with Crippen LogP contribution in [0.4, 0.5) is 0 Å². The number of fused-ring (bicyclic) bond motifs is 2. The maximum absolute atomic E-state index is 2.60. The van der Waals surface area contributed by atoms with E-state index in [1.54, 1.807) is 11.1 Å². The van der Waals surface area contributed by atoms with E-state index in [9.17, 15) is 0 Å². The van der Waals surface area contributed by atoms with Crippen LogP contribution in [-0.4, -0.2) is 12.3 Å². The summed E-state index contributed by atoms with van der Waals surface area (Å²) in [5.74, 6) is 0. The Morgan fingerprint density at radius 1 is 0.900 bits per heavy atom. The SMILES string of the molecule is CCCP(CCC)C1=Cc2ccccc2[CH]1[Ti+2][CH]1C=Cc2c(C)ccc(C)c21.[Cl-].[Cl-]. The molecule has 2 aromatic rings. The van der Waals surface area contributed by atoms with Gasteiger partial charge in [0.25, 0.3) is 0 Å². The van der Waals surface area contributed by atoms with Crippen LogP contribution >= 0.6 is 7.92 Å². The van der Waals surface area contributed by atoms with Crippen molar-refractivity contribution in [3.8, 4) is 0 Å². The number of hydrogen-bond acceptors (Lipinski definition) is 0. The van der Waals surface area contributed by atoms with Gasteiger partial charge in [-0.25, -0.2) is 0 Å². The number of benzene rings is 2. The summed E-state index contributed by atoms with van der Waals surface area (Å²) >= 11 is -0.196. The summed E-state index contributed by atoms with van der Waals surface area (Å²) < 4.78 is 1.40. The summed E-state index contributed by atoms with van der Waals surface area (Å²) in [6.07, 6.45) is 13.0. The number of aryl methyl sites for hydroxylation is 2. The summed E-state index contributed by atoms with van der Waals surface area (Å²) in [6.45, 7) is 9.30. The maximum Gasteiger partial charge on any atom is -1.00 e. The van der Waals surface area contributed by atoms with Gasteiger partial charge in [0.1, 0.15) is 0 Å². The number of halogens is 2. The van der Waals surface area contributed by atoms with Crippen molar-refractivity contribution in [3.05, 3.63) is 81.2 Å². The first-order chi connectivity index (χ1) is 13.6. The van der Waals surface area contributed by atoms with Crippen LogP contribution in [-0.2, 0) is 19.2 Å². The van der Waals surface area contributed by atoms with Crippen LogP contribution in [0.25, 0.3) is 12.2 Å². The largest absolute Gasteiger partial charge is 1.00 e. The fourth-order valence-corrected chi connectivity index (χ4v) is 11.4. The summed E-state index contributed by atoms with van der Waals surface area (Å²) in [6, 6.07) is 13.9. The van der Waals surface area contributed by atoms with Crippen molar-refractivity contribution < 1.29 is 44.0 Å². The fraction of sp³-hybridized carbons (Fsp3) is 0.385. The molecule has 0 saturated carbocycles. The van der Waals surface area contributed by atoms with Crippen LogP contribution in [0.3, 0.4) is 0 Å². The minimum Gasteiger partial charge on any atom is -1.00 e. The fourth-order valence-electron chi connectivity index (χ4n) is 4.76. The van der Waals surface area contributed by atoms with E-state index in [2.05, 4.69) is 82.3 Å². The van der Waals surface area contributed by atoms with Crippen molar-refractivity contribution >= 4 is 20.1 Å². The molecule has 4 rings (SSSR count). The topological polar surface area (TPSA) is 0 Å². The number of rotatable bonds is 7. The van der Waals surface area contributed by atoms with Gasteiger partial charge in [-0.3, -0.25) is 0 Å². The molecule has 0 bridgehead atoms. The van der Waals surface area contributed by atoms with Crippen molar-refractivity contribution in [2.24, 2.45) is 0 Å². The summed E-state index contributed by atoms with van der Waals surface area (Å²) in [4.78, 5) is 0. The Balaban J connectivity index is 0.00000160. The van der Waals surface area contributed by atoms with Gasteiger partial charge < -0.3 is 24.8 Å². The van der Waals surface area contributed by atoms with Gasteiger partial charge in [-0.15, -0.1) is 0 Å². The molecule has 2 aromatic carbocycles. The van der Waals surface area contributed by atoms with Gasteiger partial charge in [0, 0.05) is 0 Å². The van der Waals surface area contributed by atoms with Crippen LogP contribution in [0.15, 0.2) is 47.8 Å². The van der Waals surface area contributed by atoms with Crippen molar-refractivity contribution in [3.63, 3.8) is 0 Å². The maximum atomic E-state index is 2.60. The van der Waals surface area contributed by atoms with Crippen LogP contribution in [0.5, 0.6) is 0 Å². The van der Waals surface area contributed by atoms with Crippen molar-refractivity contribution in [1.82, 2.24) is 0 Å². The van der Waals surface area contributed by atoms with Crippen LogP contribution in [0.1, 0.15) is 68.5 Å². The zero-order valence-electron chi connectivity index (χ0n) is 18.4. The first-order valence-electron chi connectivity index (χ1n) is 10.7. The van der Waals surface area contributed by atoms with Crippen LogP contribution in [0, 0.1) is 13.8 Å². The van der Waals surface area contributed by atoms with E-state index < -0.39 is 0 Å². The molecule has 0 nitrogen and oxygen atoms in total. The minimum atomic E-state index is -0.196. The van der Waals surface area contributed by atoms with E-state index in [-0.39, 0.29) is 51.9 Å². The average Bonchev–Trinajstić information content (AvgIpc) is 3.28. The van der Waals surface area contributed by atoms with Crippen molar-refractivity contribution in [1.29, 1.82) is 0 Å². The average molecular weight is 493 g/mol. The van der Waals surface area contributed by atoms with Gasteiger partial charge in [-0.2, -0.15) is 0 Å². The Hall–Kier alpha value is -0.356. The van der Waals surface area contributed by atoms with E-state index in [0.29, 0.717) is 4.22 Å². The standard InChI is InChI=1S/C15H20P.C11H11.2ClH.Ti/c1-3-9-16(10-4-2)15-11-13-7-5-6-8-14(13)12-15;1-8-6-7-9(2)11-5-3-4-10(8)11;;;/h5-8,11-12H,3-4,9-10H2,1-2H3;3-7H,1-2H3;2*1H;/q;;;;+2/p-2. The van der Waals surface area contributed by atoms with Gasteiger partial charge >= 0.3 is 182 Å². The van der Waals surface area contributed by atoms with E-state index >= 15 is 0 Å². The molecule has 2 aliphatic rings. The molecule has 0 radical (unpaired) electrons. The molecule has 0 saturated heterocycles. The minimum absolute atomic E-state index is 0. The molecule has 0 N–H and O–H groups in total. The molecule has 4 heteroatoms. The second-order valence-electron chi connectivity index (χ2n) is 8.15. The van der Waals surface area contributed by atoms with E-state index in [0.717, 1.165) is 4.22 Å². The second-order valence-corrected chi connectivity index (χ2v) is 13.0. The predicted molar refractivity (Wildman–Crippen MR) is 122 cm³/mol. The zero-order chi connectivity index (χ0) is 19.7. The third-order valence-electron chi connectivity index (χ3n) is 6.09. The van der Waals surface area contributed by atoms with Crippen molar-refractivity contribution in [2.75, 3.05) is 12.3 Å². The zero-order valence-corrected chi connectivity index (χ0v) is 22.4. The van der Waals surface area contributed by atoms with Crippen LogP contribution < -0.4 is 24.8 Å². The van der Waals surface area contributed by atoms with Gasteiger partial charge in [-0.05, 0) is 0 Å². The van der Waals surface area contributed by atoms with E-state index in [4.69, 9.17) is 0 Å². The first kappa shape index (κ1) is 25.9. The Bertz CT molecular complexity index is 929. The van der Waals surface area contributed by atoms with E-state index in [1.165, 1.54) is 47.4 Å².